The lowest BCUT2D eigenvalue weighted by atomic mass is 9.77. The van der Waals surface area contributed by atoms with Crippen molar-refractivity contribution >= 4 is 12.2 Å². The fourth-order valence-corrected chi connectivity index (χ4v) is 3.25. The molecule has 1 N–H and O–H groups in total. The van der Waals surface area contributed by atoms with Crippen LogP contribution in [0.4, 0.5) is 0 Å². The molecule has 0 radical (unpaired) electrons. The molecule has 0 saturated heterocycles. The first-order valence-corrected chi connectivity index (χ1v) is 6.82. The van der Waals surface area contributed by atoms with Gasteiger partial charge in [0.25, 0.3) is 5.56 Å². The van der Waals surface area contributed by atoms with E-state index in [1.54, 1.807) is 6.07 Å². The Morgan fingerprint density at radius 2 is 2.12 bits per heavy atom. The Kier molecular flexibility index (Phi) is 3.82. The molecular formula is C13H20N2OS. The third kappa shape index (κ3) is 2.68. The zero-order valence-corrected chi connectivity index (χ0v) is 11.3. The van der Waals surface area contributed by atoms with Crippen molar-refractivity contribution < 1.29 is 0 Å². The van der Waals surface area contributed by atoms with E-state index in [1.165, 1.54) is 25.7 Å². The number of nitrogens with zero attached hydrogens (tertiary/aromatic N) is 1. The van der Waals surface area contributed by atoms with Crippen molar-refractivity contribution in [2.75, 3.05) is 0 Å². The molecule has 0 aliphatic heterocycles. The number of aromatic nitrogens is 2. The lowest BCUT2D eigenvalue weighted by Gasteiger charge is -2.35. The van der Waals surface area contributed by atoms with Crippen LogP contribution in [0.15, 0.2) is 17.1 Å². The highest BCUT2D eigenvalue weighted by molar-refractivity contribution is 7.71. The highest BCUT2D eigenvalue weighted by Gasteiger charge is 2.28. The van der Waals surface area contributed by atoms with Gasteiger partial charge in [0.15, 0.2) is 4.77 Å². The van der Waals surface area contributed by atoms with Gasteiger partial charge in [0.1, 0.15) is 0 Å². The molecule has 94 valence electrons. The minimum absolute atomic E-state index is 0.108. The Morgan fingerprint density at radius 1 is 1.41 bits per heavy atom. The maximum Gasteiger partial charge on any atom is 0.251 e. The minimum Gasteiger partial charge on any atom is -0.322 e. The molecule has 1 heterocycles. The summed E-state index contributed by atoms with van der Waals surface area (Å²) in [4.78, 5) is 13.9. The van der Waals surface area contributed by atoms with E-state index in [9.17, 15) is 4.79 Å². The average molecular weight is 252 g/mol. The zero-order valence-electron chi connectivity index (χ0n) is 10.5. The highest BCUT2D eigenvalue weighted by atomic mass is 32.1. The summed E-state index contributed by atoms with van der Waals surface area (Å²) in [6, 6.07) is 2.02. The summed E-state index contributed by atoms with van der Waals surface area (Å²) >= 11 is 5.27. The van der Waals surface area contributed by atoms with Gasteiger partial charge in [0, 0.05) is 18.3 Å². The number of H-pyrrole nitrogens is 1. The Bertz CT molecular complexity index is 489. The molecule has 1 aromatic rings. The summed E-state index contributed by atoms with van der Waals surface area (Å²) in [6.07, 6.45) is 6.86. The Morgan fingerprint density at radius 3 is 2.76 bits per heavy atom. The molecule has 1 aromatic heterocycles. The van der Waals surface area contributed by atoms with Crippen LogP contribution in [-0.4, -0.2) is 9.55 Å². The number of aromatic amines is 1. The summed E-state index contributed by atoms with van der Waals surface area (Å²) < 4.78 is 2.65. The summed E-state index contributed by atoms with van der Waals surface area (Å²) in [5.41, 5.74) is -0.108. The number of hydrogen-bond acceptors (Lipinski definition) is 2. The van der Waals surface area contributed by atoms with Crippen LogP contribution in [-0.2, 0) is 0 Å². The van der Waals surface area contributed by atoms with Crippen LogP contribution in [0, 0.1) is 16.6 Å². The minimum atomic E-state index is -0.108. The zero-order chi connectivity index (χ0) is 12.4. The SMILES string of the molecule is CC(C)C1CCCCC1n1ccc(=O)[nH]c1=S. The molecule has 2 atom stereocenters. The van der Waals surface area contributed by atoms with E-state index in [-0.39, 0.29) is 5.56 Å². The van der Waals surface area contributed by atoms with Crippen LogP contribution in [0.5, 0.6) is 0 Å². The molecule has 0 bridgehead atoms. The van der Waals surface area contributed by atoms with Gasteiger partial charge < -0.3 is 4.57 Å². The van der Waals surface area contributed by atoms with Crippen LogP contribution < -0.4 is 5.56 Å². The summed E-state index contributed by atoms with van der Waals surface area (Å²) in [5, 5.41) is 0. The molecule has 1 aliphatic carbocycles. The molecule has 2 rings (SSSR count). The van der Waals surface area contributed by atoms with Crippen LogP contribution in [0.25, 0.3) is 0 Å². The normalized spacial score (nSPS) is 25.1. The fourth-order valence-electron chi connectivity index (χ4n) is 2.95. The second-order valence-electron chi connectivity index (χ2n) is 5.28. The first-order valence-electron chi connectivity index (χ1n) is 6.41. The van der Waals surface area contributed by atoms with E-state index in [4.69, 9.17) is 12.2 Å². The first kappa shape index (κ1) is 12.6. The number of rotatable bonds is 2. The second kappa shape index (κ2) is 5.17. The molecule has 1 aliphatic rings. The van der Waals surface area contributed by atoms with Crippen LogP contribution >= 0.6 is 12.2 Å². The maximum absolute atomic E-state index is 11.2. The molecular weight excluding hydrogens is 232 g/mol. The van der Waals surface area contributed by atoms with E-state index in [0.717, 1.165) is 0 Å². The smallest absolute Gasteiger partial charge is 0.251 e. The van der Waals surface area contributed by atoms with Crippen molar-refractivity contribution in [3.05, 3.63) is 27.4 Å². The lowest BCUT2D eigenvalue weighted by Crippen LogP contribution is -2.28. The van der Waals surface area contributed by atoms with Crippen molar-refractivity contribution in [2.24, 2.45) is 11.8 Å². The van der Waals surface area contributed by atoms with Gasteiger partial charge in [-0.05, 0) is 36.9 Å². The molecule has 17 heavy (non-hydrogen) atoms. The summed E-state index contributed by atoms with van der Waals surface area (Å²) in [5.74, 6) is 1.33. The third-order valence-corrected chi connectivity index (χ3v) is 4.16. The van der Waals surface area contributed by atoms with Gasteiger partial charge in [-0.25, -0.2) is 0 Å². The van der Waals surface area contributed by atoms with E-state index < -0.39 is 0 Å². The topological polar surface area (TPSA) is 37.8 Å². The van der Waals surface area contributed by atoms with Crippen LogP contribution in [0.2, 0.25) is 0 Å². The lowest BCUT2D eigenvalue weighted by molar-refractivity contribution is 0.181. The molecule has 0 amide bonds. The molecule has 0 aromatic carbocycles. The fraction of sp³-hybridized carbons (Fsp3) is 0.692. The van der Waals surface area contributed by atoms with Gasteiger partial charge in [0.05, 0.1) is 0 Å². The predicted octanol–water partition coefficient (Wildman–Crippen LogP) is 3.29. The van der Waals surface area contributed by atoms with Crippen LogP contribution in [0.1, 0.15) is 45.6 Å². The first-order chi connectivity index (χ1) is 8.09. The third-order valence-electron chi connectivity index (χ3n) is 3.85. The van der Waals surface area contributed by atoms with Crippen molar-refractivity contribution in [3.8, 4) is 0 Å². The molecule has 1 fully saturated rings. The summed E-state index contributed by atoms with van der Waals surface area (Å²) in [6.45, 7) is 4.55. The standard InChI is InChI=1S/C13H20N2OS/c1-9(2)10-5-3-4-6-11(10)15-8-7-12(16)14-13(15)17/h7-11H,3-6H2,1-2H3,(H,14,16,17). The molecule has 1 saturated carbocycles. The Labute approximate surface area is 107 Å². The quantitative estimate of drug-likeness (QED) is 0.820. The van der Waals surface area contributed by atoms with Crippen molar-refractivity contribution in [2.45, 2.75) is 45.6 Å². The second-order valence-corrected chi connectivity index (χ2v) is 5.66. The largest absolute Gasteiger partial charge is 0.322 e. The molecule has 4 heteroatoms. The summed E-state index contributed by atoms with van der Waals surface area (Å²) in [7, 11) is 0. The monoisotopic (exact) mass is 252 g/mol. The van der Waals surface area contributed by atoms with Gasteiger partial charge in [-0.3, -0.25) is 9.78 Å². The van der Waals surface area contributed by atoms with E-state index in [1.807, 2.05) is 6.20 Å². The highest BCUT2D eigenvalue weighted by Crippen LogP contribution is 2.38. The van der Waals surface area contributed by atoms with Crippen molar-refractivity contribution in [1.29, 1.82) is 0 Å². The predicted molar refractivity (Wildman–Crippen MR) is 71.7 cm³/mol. The Balaban J connectivity index is 2.36. The number of nitrogens with one attached hydrogen (secondary N) is 1. The van der Waals surface area contributed by atoms with Crippen LogP contribution in [0.3, 0.4) is 0 Å². The van der Waals surface area contributed by atoms with E-state index in [2.05, 4.69) is 23.4 Å². The Hall–Kier alpha value is -0.900. The van der Waals surface area contributed by atoms with Gasteiger partial charge in [-0.15, -0.1) is 0 Å². The van der Waals surface area contributed by atoms with Gasteiger partial charge in [-0.1, -0.05) is 26.7 Å². The molecule has 3 nitrogen and oxygen atoms in total. The van der Waals surface area contributed by atoms with Crippen molar-refractivity contribution in [1.82, 2.24) is 9.55 Å². The van der Waals surface area contributed by atoms with Crippen molar-refractivity contribution in [3.63, 3.8) is 0 Å². The maximum atomic E-state index is 11.2. The van der Waals surface area contributed by atoms with Gasteiger partial charge >= 0.3 is 0 Å². The van der Waals surface area contributed by atoms with E-state index in [0.29, 0.717) is 22.6 Å². The average Bonchev–Trinajstić information content (AvgIpc) is 2.29. The van der Waals surface area contributed by atoms with Gasteiger partial charge in [-0.2, -0.15) is 0 Å². The van der Waals surface area contributed by atoms with Gasteiger partial charge in [0.2, 0.25) is 0 Å². The molecule has 2 unspecified atom stereocenters. The number of hydrogen-bond donors (Lipinski definition) is 1. The van der Waals surface area contributed by atoms with E-state index >= 15 is 0 Å². The molecule has 0 spiro atoms.